The molecular formula is C18H30N2O2. The summed E-state index contributed by atoms with van der Waals surface area (Å²) in [7, 11) is 3.88. The summed E-state index contributed by atoms with van der Waals surface area (Å²) < 4.78 is 5.63. The van der Waals surface area contributed by atoms with Crippen molar-refractivity contribution in [3.05, 3.63) is 24.3 Å². The third kappa shape index (κ3) is 5.50. The van der Waals surface area contributed by atoms with E-state index in [2.05, 4.69) is 31.3 Å². The zero-order chi connectivity index (χ0) is 16.1. The van der Waals surface area contributed by atoms with Crippen LogP contribution in [0.4, 0.5) is 5.69 Å². The topological polar surface area (TPSA) is 44.7 Å². The van der Waals surface area contributed by atoms with E-state index >= 15 is 0 Å². The molecule has 0 aromatic heterocycles. The highest BCUT2D eigenvalue weighted by Crippen LogP contribution is 2.37. The Balaban J connectivity index is 1.82. The Morgan fingerprint density at radius 1 is 1.23 bits per heavy atom. The smallest absolute Gasteiger partial charge is 0.119 e. The summed E-state index contributed by atoms with van der Waals surface area (Å²) in [6, 6.07) is 8.62. The minimum Gasteiger partial charge on any atom is -0.491 e. The second kappa shape index (κ2) is 7.84. The number of aliphatic hydroxyl groups is 1. The Morgan fingerprint density at radius 2 is 1.86 bits per heavy atom. The van der Waals surface area contributed by atoms with Crippen molar-refractivity contribution in [2.45, 2.75) is 38.8 Å². The first-order valence-corrected chi connectivity index (χ1v) is 8.28. The number of nitrogens with zero attached hydrogens (tertiary/aromatic N) is 1. The lowest BCUT2D eigenvalue weighted by Gasteiger charge is -2.23. The summed E-state index contributed by atoms with van der Waals surface area (Å²) in [5, 5.41) is 13.5. The SMILES string of the molecule is CC(C)C(Nc1ccc(OCC(O)CN(C)C)cc1)C1CC1. The molecule has 124 valence electrons. The first-order chi connectivity index (χ1) is 10.5. The summed E-state index contributed by atoms with van der Waals surface area (Å²) in [6.45, 7) is 5.48. The molecule has 2 unspecified atom stereocenters. The van der Waals surface area contributed by atoms with Crippen LogP contribution in [0.5, 0.6) is 5.75 Å². The van der Waals surface area contributed by atoms with E-state index < -0.39 is 6.10 Å². The Bertz CT molecular complexity index is 439. The predicted molar refractivity (Wildman–Crippen MR) is 91.5 cm³/mol. The molecule has 0 amide bonds. The summed E-state index contributed by atoms with van der Waals surface area (Å²) in [5.74, 6) is 2.28. The molecule has 0 bridgehead atoms. The molecule has 1 aliphatic carbocycles. The van der Waals surface area contributed by atoms with Gasteiger partial charge in [-0.15, -0.1) is 0 Å². The third-order valence-corrected chi connectivity index (χ3v) is 4.05. The van der Waals surface area contributed by atoms with Gasteiger partial charge in [0.1, 0.15) is 18.5 Å². The van der Waals surface area contributed by atoms with Crippen LogP contribution in [0.25, 0.3) is 0 Å². The van der Waals surface area contributed by atoms with Crippen LogP contribution < -0.4 is 10.1 Å². The molecular weight excluding hydrogens is 276 g/mol. The zero-order valence-corrected chi connectivity index (χ0v) is 14.2. The van der Waals surface area contributed by atoms with E-state index in [1.54, 1.807) is 0 Å². The highest BCUT2D eigenvalue weighted by Gasteiger charge is 2.32. The van der Waals surface area contributed by atoms with Crippen LogP contribution in [0.3, 0.4) is 0 Å². The van der Waals surface area contributed by atoms with Crippen LogP contribution >= 0.6 is 0 Å². The highest BCUT2D eigenvalue weighted by molar-refractivity contribution is 5.47. The maximum atomic E-state index is 9.80. The maximum Gasteiger partial charge on any atom is 0.119 e. The quantitative estimate of drug-likeness (QED) is 0.736. The number of nitrogens with one attached hydrogen (secondary N) is 1. The number of ether oxygens (including phenoxy) is 1. The molecule has 2 N–H and O–H groups in total. The van der Waals surface area contributed by atoms with Gasteiger partial charge in [0.15, 0.2) is 0 Å². The van der Waals surface area contributed by atoms with Gasteiger partial charge in [-0.2, -0.15) is 0 Å². The molecule has 1 fully saturated rings. The maximum absolute atomic E-state index is 9.80. The summed E-state index contributed by atoms with van der Waals surface area (Å²) >= 11 is 0. The molecule has 1 aromatic rings. The summed E-state index contributed by atoms with van der Waals surface area (Å²) in [6.07, 6.45) is 2.23. The Hall–Kier alpha value is -1.26. The fourth-order valence-electron chi connectivity index (χ4n) is 2.79. The van der Waals surface area contributed by atoms with Gasteiger partial charge in [-0.25, -0.2) is 0 Å². The molecule has 1 aromatic carbocycles. The average Bonchev–Trinajstić information content (AvgIpc) is 3.27. The molecule has 4 nitrogen and oxygen atoms in total. The zero-order valence-electron chi connectivity index (χ0n) is 14.2. The predicted octanol–water partition coefficient (Wildman–Crippen LogP) is 2.83. The lowest BCUT2D eigenvalue weighted by atomic mass is 9.99. The molecule has 4 heteroatoms. The average molecular weight is 306 g/mol. The molecule has 22 heavy (non-hydrogen) atoms. The first kappa shape index (κ1) is 17.1. The Kier molecular flexibility index (Phi) is 6.09. The van der Waals surface area contributed by atoms with Gasteiger partial charge in [-0.1, -0.05) is 13.8 Å². The van der Waals surface area contributed by atoms with Gasteiger partial charge in [-0.05, 0) is 63.0 Å². The van der Waals surface area contributed by atoms with Crippen molar-refractivity contribution in [2.24, 2.45) is 11.8 Å². The summed E-state index contributed by atoms with van der Waals surface area (Å²) in [5.41, 5.74) is 1.15. The van der Waals surface area contributed by atoms with Crippen LogP contribution in [0.1, 0.15) is 26.7 Å². The van der Waals surface area contributed by atoms with Crippen molar-refractivity contribution in [2.75, 3.05) is 32.6 Å². The van der Waals surface area contributed by atoms with E-state index in [1.165, 1.54) is 12.8 Å². The van der Waals surface area contributed by atoms with Crippen LogP contribution in [-0.2, 0) is 0 Å². The van der Waals surface area contributed by atoms with E-state index in [0.29, 0.717) is 25.1 Å². The number of rotatable bonds is 9. The number of hydrogen-bond acceptors (Lipinski definition) is 4. The van der Waals surface area contributed by atoms with Crippen LogP contribution in [-0.4, -0.2) is 49.4 Å². The van der Waals surface area contributed by atoms with Gasteiger partial charge < -0.3 is 20.1 Å². The van der Waals surface area contributed by atoms with E-state index in [1.807, 2.05) is 31.1 Å². The van der Waals surface area contributed by atoms with Gasteiger partial charge in [0, 0.05) is 18.3 Å². The van der Waals surface area contributed by atoms with Crippen molar-refractivity contribution in [3.8, 4) is 5.75 Å². The Morgan fingerprint density at radius 3 is 2.36 bits per heavy atom. The van der Waals surface area contributed by atoms with Crippen molar-refractivity contribution in [1.29, 1.82) is 0 Å². The largest absolute Gasteiger partial charge is 0.491 e. The normalized spacial score (nSPS) is 17.6. The van der Waals surface area contributed by atoms with Gasteiger partial charge in [0.05, 0.1) is 0 Å². The number of aliphatic hydroxyl groups excluding tert-OH is 1. The van der Waals surface area contributed by atoms with Crippen molar-refractivity contribution in [3.63, 3.8) is 0 Å². The minimum atomic E-state index is -0.465. The van der Waals surface area contributed by atoms with Crippen LogP contribution in [0.15, 0.2) is 24.3 Å². The molecule has 0 radical (unpaired) electrons. The van der Waals surface area contributed by atoms with Crippen molar-refractivity contribution >= 4 is 5.69 Å². The van der Waals surface area contributed by atoms with Crippen LogP contribution in [0.2, 0.25) is 0 Å². The standard InChI is InChI=1S/C18H30N2O2/c1-13(2)18(14-5-6-14)19-15-7-9-17(10-8-15)22-12-16(21)11-20(3)4/h7-10,13-14,16,18-19,21H,5-6,11-12H2,1-4H3. The van der Waals surface area contributed by atoms with E-state index in [9.17, 15) is 5.11 Å². The lowest BCUT2D eigenvalue weighted by Crippen LogP contribution is -2.30. The minimum absolute atomic E-state index is 0.321. The molecule has 0 spiro atoms. The van der Waals surface area contributed by atoms with Gasteiger partial charge >= 0.3 is 0 Å². The monoisotopic (exact) mass is 306 g/mol. The van der Waals surface area contributed by atoms with Crippen LogP contribution in [0, 0.1) is 11.8 Å². The van der Waals surface area contributed by atoms with E-state index in [4.69, 9.17) is 4.74 Å². The second-order valence-electron chi connectivity index (χ2n) is 7.00. The first-order valence-electron chi connectivity index (χ1n) is 8.28. The number of anilines is 1. The fourth-order valence-corrected chi connectivity index (χ4v) is 2.79. The molecule has 2 rings (SSSR count). The Labute approximate surface area is 134 Å². The van der Waals surface area contributed by atoms with Gasteiger partial charge in [-0.3, -0.25) is 0 Å². The van der Waals surface area contributed by atoms with E-state index in [0.717, 1.165) is 17.4 Å². The van der Waals surface area contributed by atoms with Gasteiger partial charge in [0.2, 0.25) is 0 Å². The molecule has 0 heterocycles. The molecule has 1 saturated carbocycles. The second-order valence-corrected chi connectivity index (χ2v) is 7.00. The molecule has 1 aliphatic rings. The van der Waals surface area contributed by atoms with Gasteiger partial charge in [0.25, 0.3) is 0 Å². The molecule has 0 aliphatic heterocycles. The highest BCUT2D eigenvalue weighted by atomic mass is 16.5. The number of likely N-dealkylation sites (N-methyl/N-ethyl adjacent to an activating group) is 1. The molecule has 2 atom stereocenters. The lowest BCUT2D eigenvalue weighted by molar-refractivity contribution is 0.0831. The number of benzene rings is 1. The van der Waals surface area contributed by atoms with Crippen molar-refractivity contribution in [1.82, 2.24) is 4.90 Å². The fraction of sp³-hybridized carbons (Fsp3) is 0.667. The number of hydrogen-bond donors (Lipinski definition) is 2. The third-order valence-electron chi connectivity index (χ3n) is 4.05. The molecule has 0 saturated heterocycles. The van der Waals surface area contributed by atoms with E-state index in [-0.39, 0.29) is 0 Å². The van der Waals surface area contributed by atoms with Crippen molar-refractivity contribution < 1.29 is 9.84 Å². The summed E-state index contributed by atoms with van der Waals surface area (Å²) in [4.78, 5) is 1.95.